The van der Waals surface area contributed by atoms with Crippen molar-refractivity contribution >= 4 is 17.8 Å². The topological polar surface area (TPSA) is 38.2 Å². The fraction of sp³-hybridized carbons (Fsp3) is 0.0588. The lowest BCUT2D eigenvalue weighted by atomic mass is 10.2. The molecule has 1 aliphatic rings. The Morgan fingerprint density at radius 3 is 2.82 bits per heavy atom. The van der Waals surface area contributed by atoms with Crippen LogP contribution in [0.2, 0.25) is 0 Å². The Bertz CT molecular complexity index is 780. The Balaban J connectivity index is 1.55. The average Bonchev–Trinajstić information content (AvgIpc) is 3.00. The standard InChI is InChI=1S/C17H13N3OS/c1-2-9-19-17(5-1)20-12-13-10-14(6-7-16(13)22-20)21-15-4-3-8-18-11-15/h1-11H,12H2. The summed E-state index contributed by atoms with van der Waals surface area (Å²) in [6.07, 6.45) is 5.26. The molecule has 0 spiro atoms. The first kappa shape index (κ1) is 13.2. The van der Waals surface area contributed by atoms with Crippen molar-refractivity contribution < 1.29 is 4.74 Å². The Hall–Kier alpha value is -2.53. The van der Waals surface area contributed by atoms with E-state index < -0.39 is 0 Å². The van der Waals surface area contributed by atoms with Crippen LogP contribution in [-0.2, 0) is 6.54 Å². The van der Waals surface area contributed by atoms with E-state index in [1.54, 1.807) is 24.3 Å². The van der Waals surface area contributed by atoms with Crippen molar-refractivity contribution in [3.8, 4) is 11.5 Å². The van der Waals surface area contributed by atoms with Crippen molar-refractivity contribution in [1.29, 1.82) is 0 Å². The van der Waals surface area contributed by atoms with Crippen LogP contribution in [0.5, 0.6) is 11.5 Å². The Kier molecular flexibility index (Phi) is 3.40. The summed E-state index contributed by atoms with van der Waals surface area (Å²) in [6.45, 7) is 0.821. The van der Waals surface area contributed by atoms with Gasteiger partial charge in [0, 0.05) is 17.3 Å². The van der Waals surface area contributed by atoms with Gasteiger partial charge in [-0.2, -0.15) is 0 Å². The van der Waals surface area contributed by atoms with Crippen LogP contribution in [-0.4, -0.2) is 9.97 Å². The number of ether oxygens (including phenoxy) is 1. The highest BCUT2D eigenvalue weighted by Crippen LogP contribution is 2.40. The van der Waals surface area contributed by atoms with Gasteiger partial charge in [-0.25, -0.2) is 4.98 Å². The summed E-state index contributed by atoms with van der Waals surface area (Å²) >= 11 is 1.71. The van der Waals surface area contributed by atoms with Gasteiger partial charge in [-0.05, 0) is 60.0 Å². The largest absolute Gasteiger partial charge is 0.456 e. The molecule has 5 heteroatoms. The molecule has 0 fully saturated rings. The molecule has 3 heterocycles. The van der Waals surface area contributed by atoms with Crippen molar-refractivity contribution in [2.45, 2.75) is 11.4 Å². The lowest BCUT2D eigenvalue weighted by molar-refractivity contribution is 0.479. The van der Waals surface area contributed by atoms with Gasteiger partial charge < -0.3 is 4.74 Å². The summed E-state index contributed by atoms with van der Waals surface area (Å²) in [6, 6.07) is 15.9. The highest BCUT2D eigenvalue weighted by Gasteiger charge is 2.21. The van der Waals surface area contributed by atoms with Crippen LogP contribution in [0.25, 0.3) is 0 Å². The quantitative estimate of drug-likeness (QED) is 0.675. The molecule has 0 N–H and O–H groups in total. The van der Waals surface area contributed by atoms with E-state index in [-0.39, 0.29) is 0 Å². The molecule has 0 bridgehead atoms. The maximum absolute atomic E-state index is 5.84. The molecule has 1 aliphatic heterocycles. The van der Waals surface area contributed by atoms with E-state index in [1.807, 2.05) is 42.6 Å². The maximum atomic E-state index is 5.84. The van der Waals surface area contributed by atoms with Gasteiger partial charge in [0.25, 0.3) is 0 Å². The summed E-state index contributed by atoms with van der Waals surface area (Å²) in [5.41, 5.74) is 1.25. The first-order valence-electron chi connectivity index (χ1n) is 6.96. The first-order chi connectivity index (χ1) is 10.9. The van der Waals surface area contributed by atoms with Crippen molar-refractivity contribution in [1.82, 2.24) is 9.97 Å². The van der Waals surface area contributed by atoms with E-state index in [1.165, 1.54) is 10.5 Å². The number of aromatic nitrogens is 2. The van der Waals surface area contributed by atoms with Gasteiger partial charge in [0.2, 0.25) is 0 Å². The van der Waals surface area contributed by atoms with Crippen LogP contribution in [0.1, 0.15) is 5.56 Å². The van der Waals surface area contributed by atoms with Gasteiger partial charge in [-0.15, -0.1) is 0 Å². The number of anilines is 1. The van der Waals surface area contributed by atoms with Gasteiger partial charge in [0.05, 0.1) is 12.7 Å². The number of hydrogen-bond donors (Lipinski definition) is 0. The molecule has 0 radical (unpaired) electrons. The predicted molar refractivity (Wildman–Crippen MR) is 87.0 cm³/mol. The summed E-state index contributed by atoms with van der Waals surface area (Å²) in [5.74, 6) is 2.54. The molecular formula is C17H13N3OS. The molecular weight excluding hydrogens is 294 g/mol. The maximum Gasteiger partial charge on any atom is 0.145 e. The van der Waals surface area contributed by atoms with E-state index in [0.717, 1.165) is 23.9 Å². The zero-order chi connectivity index (χ0) is 14.8. The first-order valence-corrected chi connectivity index (χ1v) is 7.73. The van der Waals surface area contributed by atoms with Gasteiger partial charge in [0.15, 0.2) is 0 Å². The molecule has 22 heavy (non-hydrogen) atoms. The lowest BCUT2D eigenvalue weighted by Crippen LogP contribution is -2.08. The molecule has 0 aliphatic carbocycles. The number of hydrogen-bond acceptors (Lipinski definition) is 5. The van der Waals surface area contributed by atoms with Crippen molar-refractivity contribution in [3.63, 3.8) is 0 Å². The van der Waals surface area contributed by atoms with Crippen LogP contribution in [0.3, 0.4) is 0 Å². The SMILES string of the molecule is c1ccc(N2Cc3cc(Oc4cccnc4)ccc3S2)nc1. The molecule has 0 atom stereocenters. The second kappa shape index (κ2) is 5.69. The number of rotatable bonds is 3. The predicted octanol–water partition coefficient (Wildman–Crippen LogP) is 4.30. The Morgan fingerprint density at radius 2 is 2.00 bits per heavy atom. The van der Waals surface area contributed by atoms with Crippen LogP contribution < -0.4 is 9.04 Å². The molecule has 4 rings (SSSR count). The van der Waals surface area contributed by atoms with Gasteiger partial charge in [0.1, 0.15) is 17.3 Å². The zero-order valence-corrected chi connectivity index (χ0v) is 12.5. The minimum atomic E-state index is 0.745. The Morgan fingerprint density at radius 1 is 1.00 bits per heavy atom. The van der Waals surface area contributed by atoms with E-state index in [9.17, 15) is 0 Å². The third-order valence-electron chi connectivity index (χ3n) is 3.33. The fourth-order valence-electron chi connectivity index (χ4n) is 2.31. The highest BCUT2D eigenvalue weighted by molar-refractivity contribution is 8.01. The second-order valence-corrected chi connectivity index (χ2v) is 5.94. The highest BCUT2D eigenvalue weighted by atomic mass is 32.2. The van der Waals surface area contributed by atoms with E-state index in [4.69, 9.17) is 4.74 Å². The molecule has 3 aromatic rings. The number of pyridine rings is 2. The molecule has 1 aromatic carbocycles. The zero-order valence-electron chi connectivity index (χ0n) is 11.7. The summed E-state index contributed by atoms with van der Waals surface area (Å²) in [5, 5.41) is 0. The number of benzene rings is 1. The Labute approximate surface area is 132 Å². The van der Waals surface area contributed by atoms with Crippen LogP contribution in [0.15, 0.2) is 72.0 Å². The normalized spacial score (nSPS) is 13.0. The summed E-state index contributed by atoms with van der Waals surface area (Å²) in [7, 11) is 0. The van der Waals surface area contributed by atoms with Crippen LogP contribution >= 0.6 is 11.9 Å². The molecule has 0 amide bonds. The molecule has 0 unspecified atom stereocenters. The number of nitrogens with zero attached hydrogens (tertiary/aromatic N) is 3. The third kappa shape index (κ3) is 2.63. The number of fused-ring (bicyclic) bond motifs is 1. The van der Waals surface area contributed by atoms with Crippen LogP contribution in [0.4, 0.5) is 5.82 Å². The average molecular weight is 307 g/mol. The van der Waals surface area contributed by atoms with Gasteiger partial charge >= 0.3 is 0 Å². The van der Waals surface area contributed by atoms with Crippen molar-refractivity contribution in [3.05, 3.63) is 72.7 Å². The van der Waals surface area contributed by atoms with E-state index in [2.05, 4.69) is 26.4 Å². The van der Waals surface area contributed by atoms with Gasteiger partial charge in [-0.1, -0.05) is 6.07 Å². The van der Waals surface area contributed by atoms with E-state index >= 15 is 0 Å². The van der Waals surface area contributed by atoms with Crippen molar-refractivity contribution in [2.75, 3.05) is 4.31 Å². The third-order valence-corrected chi connectivity index (χ3v) is 4.46. The molecule has 4 nitrogen and oxygen atoms in total. The smallest absolute Gasteiger partial charge is 0.145 e. The monoisotopic (exact) mass is 307 g/mol. The summed E-state index contributed by atoms with van der Waals surface area (Å²) in [4.78, 5) is 9.70. The summed E-state index contributed by atoms with van der Waals surface area (Å²) < 4.78 is 8.02. The minimum absolute atomic E-state index is 0.745. The molecule has 0 saturated heterocycles. The molecule has 2 aromatic heterocycles. The van der Waals surface area contributed by atoms with E-state index in [0.29, 0.717) is 0 Å². The molecule has 0 saturated carbocycles. The van der Waals surface area contributed by atoms with Gasteiger partial charge in [-0.3, -0.25) is 9.29 Å². The minimum Gasteiger partial charge on any atom is -0.456 e. The fourth-order valence-corrected chi connectivity index (χ4v) is 3.32. The lowest BCUT2D eigenvalue weighted by Gasteiger charge is -2.13. The van der Waals surface area contributed by atoms with Crippen LogP contribution in [0, 0.1) is 0 Å². The molecule has 108 valence electrons. The van der Waals surface area contributed by atoms with Crippen molar-refractivity contribution in [2.24, 2.45) is 0 Å². The second-order valence-electron chi connectivity index (χ2n) is 4.88.